The van der Waals surface area contributed by atoms with Gasteiger partial charge in [-0.05, 0) is 18.9 Å². The molecule has 0 aliphatic carbocycles. The zero-order chi connectivity index (χ0) is 9.23. The van der Waals surface area contributed by atoms with E-state index in [-0.39, 0.29) is 5.91 Å². The Morgan fingerprint density at radius 3 is 2.67 bits per heavy atom. The van der Waals surface area contributed by atoms with Crippen LogP contribution in [-0.2, 0) is 4.79 Å². The molecule has 0 spiro atoms. The van der Waals surface area contributed by atoms with Crippen molar-refractivity contribution in [1.82, 2.24) is 5.32 Å². The first-order valence-electron chi connectivity index (χ1n) is 4.75. The Kier molecular flexibility index (Phi) is 7.76. The summed E-state index contributed by atoms with van der Waals surface area (Å²) >= 11 is 0. The second kappa shape index (κ2) is 8.31. The zero-order valence-electron chi connectivity index (χ0n) is 8.10. The van der Waals surface area contributed by atoms with Crippen LogP contribution in [0.15, 0.2) is 12.2 Å². The molecule has 0 saturated carbocycles. The van der Waals surface area contributed by atoms with Crippen LogP contribution in [0.1, 0.15) is 39.5 Å². The van der Waals surface area contributed by atoms with Crippen molar-refractivity contribution >= 4 is 5.91 Å². The molecule has 0 unspecified atom stereocenters. The number of carbonyl (C=O) groups is 1. The van der Waals surface area contributed by atoms with E-state index in [9.17, 15) is 4.79 Å². The smallest absolute Gasteiger partial charge is 0.243 e. The molecule has 0 fully saturated rings. The Balaban J connectivity index is 3.25. The number of rotatable bonds is 6. The number of amides is 1. The van der Waals surface area contributed by atoms with Crippen molar-refractivity contribution in [3.8, 4) is 0 Å². The van der Waals surface area contributed by atoms with Gasteiger partial charge in [-0.15, -0.1) is 0 Å². The minimum absolute atomic E-state index is 0.0351. The predicted molar refractivity (Wildman–Crippen MR) is 52.0 cm³/mol. The molecule has 0 atom stereocenters. The summed E-state index contributed by atoms with van der Waals surface area (Å²) in [7, 11) is 0. The maximum Gasteiger partial charge on any atom is 0.243 e. The molecule has 0 aromatic heterocycles. The lowest BCUT2D eigenvalue weighted by molar-refractivity contribution is -0.116. The van der Waals surface area contributed by atoms with Crippen LogP contribution in [0.4, 0.5) is 0 Å². The van der Waals surface area contributed by atoms with Gasteiger partial charge in [-0.1, -0.05) is 32.8 Å². The molecule has 0 aliphatic heterocycles. The Hall–Kier alpha value is -0.790. The van der Waals surface area contributed by atoms with Gasteiger partial charge in [-0.25, -0.2) is 0 Å². The van der Waals surface area contributed by atoms with Crippen molar-refractivity contribution in [2.24, 2.45) is 0 Å². The van der Waals surface area contributed by atoms with Crippen LogP contribution in [0.3, 0.4) is 0 Å². The van der Waals surface area contributed by atoms with Gasteiger partial charge < -0.3 is 5.32 Å². The summed E-state index contributed by atoms with van der Waals surface area (Å²) in [6.07, 6.45) is 7.87. The van der Waals surface area contributed by atoms with E-state index < -0.39 is 0 Å². The van der Waals surface area contributed by atoms with E-state index >= 15 is 0 Å². The number of hydrogen-bond donors (Lipinski definition) is 1. The lowest BCUT2D eigenvalue weighted by Gasteiger charge is -1.99. The van der Waals surface area contributed by atoms with E-state index in [0.717, 1.165) is 19.4 Å². The first-order valence-corrected chi connectivity index (χ1v) is 4.75. The number of unbranched alkanes of at least 4 members (excludes halogenated alkanes) is 2. The molecule has 0 radical (unpaired) electrons. The molecule has 0 heterocycles. The summed E-state index contributed by atoms with van der Waals surface area (Å²) < 4.78 is 0. The van der Waals surface area contributed by atoms with E-state index in [1.807, 2.05) is 13.0 Å². The summed E-state index contributed by atoms with van der Waals surface area (Å²) in [5.74, 6) is 0.0351. The Bertz CT molecular complexity index is 141. The monoisotopic (exact) mass is 169 g/mol. The minimum Gasteiger partial charge on any atom is -0.353 e. The van der Waals surface area contributed by atoms with Crippen molar-refractivity contribution in [3.05, 3.63) is 12.2 Å². The highest BCUT2D eigenvalue weighted by molar-refractivity contribution is 5.87. The highest BCUT2D eigenvalue weighted by atomic mass is 16.1. The highest BCUT2D eigenvalue weighted by Gasteiger charge is 1.91. The van der Waals surface area contributed by atoms with Crippen LogP contribution in [0.25, 0.3) is 0 Å². The lowest BCUT2D eigenvalue weighted by Crippen LogP contribution is -2.21. The van der Waals surface area contributed by atoms with Crippen LogP contribution in [-0.4, -0.2) is 12.5 Å². The van der Waals surface area contributed by atoms with Crippen molar-refractivity contribution in [1.29, 1.82) is 0 Å². The number of hydrogen-bond acceptors (Lipinski definition) is 1. The Labute approximate surface area is 75.0 Å². The summed E-state index contributed by atoms with van der Waals surface area (Å²) in [6.45, 7) is 4.97. The molecular formula is C10H19NO. The largest absolute Gasteiger partial charge is 0.353 e. The molecular weight excluding hydrogens is 150 g/mol. The van der Waals surface area contributed by atoms with E-state index in [0.29, 0.717) is 0 Å². The normalized spacial score (nSPS) is 10.5. The quantitative estimate of drug-likeness (QED) is 0.479. The second-order valence-electron chi connectivity index (χ2n) is 2.81. The Morgan fingerprint density at radius 2 is 2.08 bits per heavy atom. The number of nitrogens with one attached hydrogen (secondary N) is 1. The third kappa shape index (κ3) is 7.32. The van der Waals surface area contributed by atoms with Crippen molar-refractivity contribution in [2.75, 3.05) is 6.54 Å². The SMILES string of the molecule is CCC=CC(=O)NCCCCC. The van der Waals surface area contributed by atoms with Gasteiger partial charge >= 0.3 is 0 Å². The minimum atomic E-state index is 0.0351. The summed E-state index contributed by atoms with van der Waals surface area (Å²) in [4.78, 5) is 11.0. The van der Waals surface area contributed by atoms with Gasteiger partial charge in [0.15, 0.2) is 0 Å². The van der Waals surface area contributed by atoms with Gasteiger partial charge in [0, 0.05) is 6.54 Å². The van der Waals surface area contributed by atoms with Gasteiger partial charge in [0.2, 0.25) is 5.91 Å². The summed E-state index contributed by atoms with van der Waals surface area (Å²) in [5.41, 5.74) is 0. The van der Waals surface area contributed by atoms with Gasteiger partial charge in [-0.2, -0.15) is 0 Å². The standard InChI is InChI=1S/C10H19NO/c1-3-5-7-9-11-10(12)8-6-4-2/h6,8H,3-5,7,9H2,1-2H3,(H,11,12). The predicted octanol–water partition coefficient (Wildman–Crippen LogP) is 2.26. The molecule has 2 heteroatoms. The highest BCUT2D eigenvalue weighted by Crippen LogP contribution is 1.91. The molecule has 12 heavy (non-hydrogen) atoms. The van der Waals surface area contributed by atoms with Crippen molar-refractivity contribution in [3.63, 3.8) is 0 Å². The molecule has 1 amide bonds. The van der Waals surface area contributed by atoms with E-state index in [4.69, 9.17) is 0 Å². The molecule has 0 aliphatic rings. The first kappa shape index (κ1) is 11.2. The molecule has 0 aromatic rings. The third-order valence-corrected chi connectivity index (χ3v) is 1.58. The fourth-order valence-electron chi connectivity index (χ4n) is 0.870. The Morgan fingerprint density at radius 1 is 1.33 bits per heavy atom. The second-order valence-corrected chi connectivity index (χ2v) is 2.81. The molecule has 70 valence electrons. The van der Waals surface area contributed by atoms with Crippen LogP contribution < -0.4 is 5.32 Å². The molecule has 0 saturated heterocycles. The van der Waals surface area contributed by atoms with Crippen LogP contribution in [0, 0.1) is 0 Å². The maximum absolute atomic E-state index is 11.0. The average molecular weight is 169 g/mol. The summed E-state index contributed by atoms with van der Waals surface area (Å²) in [6, 6.07) is 0. The molecule has 1 N–H and O–H groups in total. The van der Waals surface area contributed by atoms with Crippen LogP contribution in [0.2, 0.25) is 0 Å². The van der Waals surface area contributed by atoms with Crippen molar-refractivity contribution in [2.45, 2.75) is 39.5 Å². The maximum atomic E-state index is 11.0. The molecule has 2 nitrogen and oxygen atoms in total. The molecule has 0 bridgehead atoms. The van der Waals surface area contributed by atoms with Crippen LogP contribution in [0.5, 0.6) is 0 Å². The van der Waals surface area contributed by atoms with Crippen molar-refractivity contribution < 1.29 is 4.79 Å². The summed E-state index contributed by atoms with van der Waals surface area (Å²) in [5, 5.41) is 2.83. The first-order chi connectivity index (χ1) is 5.81. The lowest BCUT2D eigenvalue weighted by atomic mass is 10.2. The van der Waals surface area contributed by atoms with E-state index in [1.165, 1.54) is 12.8 Å². The van der Waals surface area contributed by atoms with E-state index in [2.05, 4.69) is 12.2 Å². The molecule has 0 aromatic carbocycles. The van der Waals surface area contributed by atoms with Gasteiger partial charge in [0.25, 0.3) is 0 Å². The van der Waals surface area contributed by atoms with Crippen LogP contribution >= 0.6 is 0 Å². The third-order valence-electron chi connectivity index (χ3n) is 1.58. The van der Waals surface area contributed by atoms with Gasteiger partial charge in [0.1, 0.15) is 0 Å². The van der Waals surface area contributed by atoms with E-state index in [1.54, 1.807) is 6.08 Å². The average Bonchev–Trinajstić information content (AvgIpc) is 2.09. The topological polar surface area (TPSA) is 29.1 Å². The van der Waals surface area contributed by atoms with Gasteiger partial charge in [0.05, 0.1) is 0 Å². The molecule has 0 rings (SSSR count). The number of carbonyl (C=O) groups excluding carboxylic acids is 1. The fourth-order valence-corrected chi connectivity index (χ4v) is 0.870. The number of allylic oxidation sites excluding steroid dienone is 1. The fraction of sp³-hybridized carbons (Fsp3) is 0.700. The van der Waals surface area contributed by atoms with Gasteiger partial charge in [-0.3, -0.25) is 4.79 Å². The zero-order valence-corrected chi connectivity index (χ0v) is 8.10.